The molecule has 0 bridgehead atoms. The maximum Gasteiger partial charge on any atom is 0.137 e. The van der Waals surface area contributed by atoms with Crippen LogP contribution in [0.2, 0.25) is 5.02 Å². The number of piperidine rings is 1. The van der Waals surface area contributed by atoms with Crippen LogP contribution in [-0.4, -0.2) is 37.7 Å². The number of likely N-dealkylation sites (tertiary alicyclic amines) is 1. The molecular formula is C16H25ClN2O. The number of ether oxygens (including phenoxy) is 1. The lowest BCUT2D eigenvalue weighted by Gasteiger charge is -2.32. The normalized spacial score (nSPS) is 17.4. The summed E-state index contributed by atoms with van der Waals surface area (Å²) in [5.41, 5.74) is 1.21. The van der Waals surface area contributed by atoms with E-state index < -0.39 is 0 Å². The van der Waals surface area contributed by atoms with Gasteiger partial charge in [-0.05, 0) is 56.6 Å². The largest absolute Gasteiger partial charge is 0.495 e. The van der Waals surface area contributed by atoms with E-state index in [0.717, 1.165) is 12.3 Å². The second-order valence-corrected chi connectivity index (χ2v) is 5.87. The SMILES string of the molecule is CCCN1CCC(NCc2ccc(OC)c(Cl)c2)CC1. The van der Waals surface area contributed by atoms with E-state index in [1.807, 2.05) is 12.1 Å². The fraction of sp³-hybridized carbons (Fsp3) is 0.625. The van der Waals surface area contributed by atoms with Crippen LogP contribution in [0.4, 0.5) is 0 Å². The van der Waals surface area contributed by atoms with Crippen molar-refractivity contribution < 1.29 is 4.74 Å². The quantitative estimate of drug-likeness (QED) is 0.871. The molecule has 1 saturated heterocycles. The van der Waals surface area contributed by atoms with E-state index in [4.69, 9.17) is 16.3 Å². The molecule has 1 aromatic rings. The van der Waals surface area contributed by atoms with Crippen LogP contribution in [0.3, 0.4) is 0 Å². The van der Waals surface area contributed by atoms with E-state index in [2.05, 4.69) is 23.2 Å². The molecule has 2 rings (SSSR count). The zero-order chi connectivity index (χ0) is 14.4. The number of methoxy groups -OCH3 is 1. The van der Waals surface area contributed by atoms with Crippen molar-refractivity contribution in [1.29, 1.82) is 0 Å². The van der Waals surface area contributed by atoms with Crippen molar-refractivity contribution in [1.82, 2.24) is 10.2 Å². The van der Waals surface area contributed by atoms with Crippen LogP contribution in [0, 0.1) is 0 Å². The first kappa shape index (κ1) is 15.6. The number of hydrogen-bond donors (Lipinski definition) is 1. The number of halogens is 1. The third-order valence-corrected chi connectivity index (χ3v) is 4.23. The molecule has 1 aliphatic heterocycles. The molecule has 3 nitrogen and oxygen atoms in total. The van der Waals surface area contributed by atoms with Crippen LogP contribution in [0.1, 0.15) is 31.7 Å². The summed E-state index contributed by atoms with van der Waals surface area (Å²) in [5.74, 6) is 0.739. The fourth-order valence-corrected chi connectivity index (χ4v) is 3.04. The Morgan fingerprint density at radius 2 is 2.10 bits per heavy atom. The van der Waals surface area contributed by atoms with Gasteiger partial charge in [0.05, 0.1) is 12.1 Å². The van der Waals surface area contributed by atoms with E-state index in [1.54, 1.807) is 7.11 Å². The van der Waals surface area contributed by atoms with Crippen molar-refractivity contribution in [2.24, 2.45) is 0 Å². The number of nitrogens with zero attached hydrogens (tertiary/aromatic N) is 1. The lowest BCUT2D eigenvalue weighted by atomic mass is 10.0. The van der Waals surface area contributed by atoms with Gasteiger partial charge in [0.2, 0.25) is 0 Å². The number of nitrogens with one attached hydrogen (secondary N) is 1. The molecule has 1 aromatic carbocycles. The molecule has 112 valence electrons. The van der Waals surface area contributed by atoms with E-state index in [0.29, 0.717) is 11.1 Å². The Kier molecular flexibility index (Phi) is 6.14. The maximum atomic E-state index is 6.15. The van der Waals surface area contributed by atoms with Crippen molar-refractivity contribution >= 4 is 11.6 Å². The van der Waals surface area contributed by atoms with Crippen LogP contribution in [0.5, 0.6) is 5.75 Å². The van der Waals surface area contributed by atoms with Gasteiger partial charge in [-0.1, -0.05) is 24.6 Å². The second-order valence-electron chi connectivity index (χ2n) is 5.47. The van der Waals surface area contributed by atoms with Crippen LogP contribution in [-0.2, 0) is 6.54 Å². The molecule has 1 fully saturated rings. The Hall–Kier alpha value is -0.770. The Morgan fingerprint density at radius 1 is 1.35 bits per heavy atom. The van der Waals surface area contributed by atoms with E-state index in [9.17, 15) is 0 Å². The zero-order valence-electron chi connectivity index (χ0n) is 12.5. The number of hydrogen-bond acceptors (Lipinski definition) is 3. The van der Waals surface area contributed by atoms with Gasteiger partial charge in [-0.2, -0.15) is 0 Å². The highest BCUT2D eigenvalue weighted by molar-refractivity contribution is 6.32. The second kappa shape index (κ2) is 7.87. The topological polar surface area (TPSA) is 24.5 Å². The van der Waals surface area contributed by atoms with Crippen LogP contribution >= 0.6 is 11.6 Å². The minimum atomic E-state index is 0.629. The van der Waals surface area contributed by atoms with Gasteiger partial charge in [-0.25, -0.2) is 0 Å². The molecule has 0 amide bonds. The first-order chi connectivity index (χ1) is 9.72. The van der Waals surface area contributed by atoms with Crippen molar-refractivity contribution in [3.63, 3.8) is 0 Å². The van der Waals surface area contributed by atoms with E-state index in [1.165, 1.54) is 44.5 Å². The maximum absolute atomic E-state index is 6.15. The fourth-order valence-electron chi connectivity index (χ4n) is 2.76. The Morgan fingerprint density at radius 3 is 2.70 bits per heavy atom. The summed E-state index contributed by atoms with van der Waals surface area (Å²) in [4.78, 5) is 2.56. The van der Waals surface area contributed by atoms with Gasteiger partial charge >= 0.3 is 0 Å². The summed E-state index contributed by atoms with van der Waals surface area (Å²) >= 11 is 6.15. The first-order valence-electron chi connectivity index (χ1n) is 7.51. The summed E-state index contributed by atoms with van der Waals surface area (Å²) in [6, 6.07) is 6.62. The molecule has 1 N–H and O–H groups in total. The van der Waals surface area contributed by atoms with Crippen molar-refractivity contribution in [2.45, 2.75) is 38.8 Å². The van der Waals surface area contributed by atoms with Crippen molar-refractivity contribution in [3.8, 4) is 5.75 Å². The Bertz CT molecular complexity index is 417. The summed E-state index contributed by atoms with van der Waals surface area (Å²) in [5, 5.41) is 4.32. The Labute approximate surface area is 127 Å². The predicted molar refractivity (Wildman–Crippen MR) is 84.6 cm³/mol. The molecule has 0 spiro atoms. The van der Waals surface area contributed by atoms with Gasteiger partial charge in [0.15, 0.2) is 0 Å². The van der Waals surface area contributed by atoms with Gasteiger partial charge in [0.1, 0.15) is 5.75 Å². The monoisotopic (exact) mass is 296 g/mol. The molecule has 0 radical (unpaired) electrons. The highest BCUT2D eigenvalue weighted by atomic mass is 35.5. The predicted octanol–water partition coefficient (Wildman–Crippen LogP) is 3.31. The van der Waals surface area contributed by atoms with E-state index in [-0.39, 0.29) is 0 Å². The van der Waals surface area contributed by atoms with Gasteiger partial charge in [0.25, 0.3) is 0 Å². The summed E-state index contributed by atoms with van der Waals surface area (Å²) in [6.45, 7) is 6.80. The average Bonchev–Trinajstić information content (AvgIpc) is 2.47. The lowest BCUT2D eigenvalue weighted by Crippen LogP contribution is -2.42. The van der Waals surface area contributed by atoms with Crippen LogP contribution in [0.15, 0.2) is 18.2 Å². The van der Waals surface area contributed by atoms with Gasteiger partial charge < -0.3 is 15.0 Å². The third-order valence-electron chi connectivity index (χ3n) is 3.94. The van der Waals surface area contributed by atoms with Crippen molar-refractivity contribution in [3.05, 3.63) is 28.8 Å². The minimum Gasteiger partial charge on any atom is -0.495 e. The molecule has 1 heterocycles. The highest BCUT2D eigenvalue weighted by Gasteiger charge is 2.17. The molecule has 0 aromatic heterocycles. The van der Waals surface area contributed by atoms with Gasteiger partial charge in [0, 0.05) is 12.6 Å². The summed E-state index contributed by atoms with van der Waals surface area (Å²) in [6.07, 6.45) is 3.73. The Balaban J connectivity index is 1.77. The summed E-state index contributed by atoms with van der Waals surface area (Å²) < 4.78 is 5.17. The van der Waals surface area contributed by atoms with Crippen LogP contribution in [0.25, 0.3) is 0 Å². The van der Waals surface area contributed by atoms with E-state index >= 15 is 0 Å². The molecule has 0 aliphatic carbocycles. The molecule has 0 unspecified atom stereocenters. The minimum absolute atomic E-state index is 0.629. The number of benzene rings is 1. The average molecular weight is 297 g/mol. The standard InChI is InChI=1S/C16H25ClN2O/c1-3-8-19-9-6-14(7-10-19)18-12-13-4-5-16(20-2)15(17)11-13/h4-5,11,14,18H,3,6-10,12H2,1-2H3. The molecule has 0 saturated carbocycles. The smallest absolute Gasteiger partial charge is 0.137 e. The van der Waals surface area contributed by atoms with Crippen LogP contribution < -0.4 is 10.1 Å². The lowest BCUT2D eigenvalue weighted by molar-refractivity contribution is 0.197. The molecule has 4 heteroatoms. The third kappa shape index (κ3) is 4.37. The molecule has 0 atom stereocenters. The molecule has 20 heavy (non-hydrogen) atoms. The number of rotatable bonds is 6. The molecular weight excluding hydrogens is 272 g/mol. The first-order valence-corrected chi connectivity index (χ1v) is 7.89. The highest BCUT2D eigenvalue weighted by Crippen LogP contribution is 2.25. The van der Waals surface area contributed by atoms with Gasteiger partial charge in [-0.3, -0.25) is 0 Å². The molecule has 1 aliphatic rings. The summed E-state index contributed by atoms with van der Waals surface area (Å²) in [7, 11) is 1.64. The van der Waals surface area contributed by atoms with Crippen molar-refractivity contribution in [2.75, 3.05) is 26.7 Å². The zero-order valence-corrected chi connectivity index (χ0v) is 13.2. The van der Waals surface area contributed by atoms with Gasteiger partial charge in [-0.15, -0.1) is 0 Å².